The van der Waals surface area contributed by atoms with Gasteiger partial charge >= 0.3 is 0 Å². The van der Waals surface area contributed by atoms with E-state index in [2.05, 4.69) is 0 Å². The Bertz CT molecular complexity index is 1450. The zero-order valence-electron chi connectivity index (χ0n) is 20.4. The number of carbonyl (C=O) groups excluding carboxylic acids is 2. The van der Waals surface area contributed by atoms with E-state index in [-0.39, 0.29) is 50.5 Å². The first kappa shape index (κ1) is 27.2. The number of carbonyl (C=O) groups is 2. The molecule has 1 aliphatic rings. The smallest absolute Gasteiger partial charge is 0.300 e. The molecule has 38 heavy (non-hydrogen) atoms. The number of amides is 1. The summed E-state index contributed by atoms with van der Waals surface area (Å²) in [6.07, 6.45) is 0. The molecule has 3 aromatic carbocycles. The van der Waals surface area contributed by atoms with E-state index < -0.39 is 35.1 Å². The molecule has 1 fully saturated rings. The van der Waals surface area contributed by atoms with Crippen LogP contribution in [0.1, 0.15) is 24.1 Å². The van der Waals surface area contributed by atoms with Gasteiger partial charge in [0.15, 0.2) is 17.2 Å². The SMILES string of the molecule is CCOc1cc(C2/C(=C(\O)c3cc(Cl)c(OC)c(Cl)c3)C(=O)C(=O)N2c2ccc(F)cc2F)ccc1OC. The lowest BCUT2D eigenvalue weighted by Crippen LogP contribution is -2.30. The van der Waals surface area contributed by atoms with Crippen molar-refractivity contribution in [3.05, 3.63) is 86.9 Å². The van der Waals surface area contributed by atoms with E-state index in [0.29, 0.717) is 11.8 Å². The summed E-state index contributed by atoms with van der Waals surface area (Å²) in [5.74, 6) is -4.00. The van der Waals surface area contributed by atoms with Crippen LogP contribution in [0.4, 0.5) is 14.5 Å². The molecule has 4 rings (SSSR count). The van der Waals surface area contributed by atoms with Gasteiger partial charge in [-0.3, -0.25) is 14.5 Å². The van der Waals surface area contributed by atoms with E-state index in [1.807, 2.05) is 0 Å². The molecule has 198 valence electrons. The fraction of sp³-hybridized carbons (Fsp3) is 0.185. The quantitative estimate of drug-likeness (QED) is 0.206. The number of ketones is 1. The van der Waals surface area contributed by atoms with E-state index >= 15 is 0 Å². The molecule has 3 aromatic rings. The monoisotopic (exact) mass is 563 g/mol. The number of hydrogen-bond acceptors (Lipinski definition) is 6. The van der Waals surface area contributed by atoms with Crippen molar-refractivity contribution in [2.75, 3.05) is 25.7 Å². The highest BCUT2D eigenvalue weighted by molar-refractivity contribution is 6.51. The van der Waals surface area contributed by atoms with Gasteiger partial charge in [0.1, 0.15) is 17.4 Å². The van der Waals surface area contributed by atoms with Crippen molar-refractivity contribution in [3.8, 4) is 17.2 Å². The number of benzene rings is 3. The summed E-state index contributed by atoms with van der Waals surface area (Å²) >= 11 is 12.5. The highest BCUT2D eigenvalue weighted by Gasteiger charge is 2.48. The van der Waals surface area contributed by atoms with Crippen molar-refractivity contribution in [1.82, 2.24) is 0 Å². The van der Waals surface area contributed by atoms with Crippen molar-refractivity contribution < 1.29 is 37.7 Å². The van der Waals surface area contributed by atoms with Crippen molar-refractivity contribution in [1.29, 1.82) is 0 Å². The maximum absolute atomic E-state index is 14.9. The van der Waals surface area contributed by atoms with Gasteiger partial charge in [0.2, 0.25) is 0 Å². The van der Waals surface area contributed by atoms with Crippen LogP contribution in [-0.2, 0) is 9.59 Å². The van der Waals surface area contributed by atoms with Gasteiger partial charge in [0, 0.05) is 11.6 Å². The van der Waals surface area contributed by atoms with Gasteiger partial charge in [-0.2, -0.15) is 0 Å². The summed E-state index contributed by atoms with van der Waals surface area (Å²) in [5, 5.41) is 11.4. The van der Waals surface area contributed by atoms with Crippen LogP contribution in [0.2, 0.25) is 10.0 Å². The molecule has 0 radical (unpaired) electrons. The van der Waals surface area contributed by atoms with Crippen LogP contribution in [0.25, 0.3) is 5.76 Å². The van der Waals surface area contributed by atoms with Crippen LogP contribution in [0.3, 0.4) is 0 Å². The molecule has 0 saturated carbocycles. The molecule has 1 heterocycles. The summed E-state index contributed by atoms with van der Waals surface area (Å²) in [6.45, 7) is 2.03. The number of nitrogens with zero attached hydrogens (tertiary/aromatic N) is 1. The molecular weight excluding hydrogens is 543 g/mol. The van der Waals surface area contributed by atoms with Gasteiger partial charge in [0.25, 0.3) is 11.7 Å². The maximum atomic E-state index is 14.9. The van der Waals surface area contributed by atoms with Crippen LogP contribution in [0.5, 0.6) is 17.2 Å². The normalized spacial score (nSPS) is 16.6. The largest absolute Gasteiger partial charge is 0.507 e. The number of rotatable bonds is 7. The number of Topliss-reactive ketones (excluding diaryl/α,β-unsaturated/α-hetero) is 1. The first-order chi connectivity index (χ1) is 18.1. The van der Waals surface area contributed by atoms with Crippen molar-refractivity contribution in [3.63, 3.8) is 0 Å². The number of halogens is 4. The fourth-order valence-corrected chi connectivity index (χ4v) is 4.89. The summed E-state index contributed by atoms with van der Waals surface area (Å²) in [6, 6.07) is 8.46. The lowest BCUT2D eigenvalue weighted by atomic mass is 9.94. The third-order valence-electron chi connectivity index (χ3n) is 5.89. The lowest BCUT2D eigenvalue weighted by molar-refractivity contribution is -0.132. The third-order valence-corrected chi connectivity index (χ3v) is 6.45. The molecule has 1 aliphatic heterocycles. The van der Waals surface area contributed by atoms with Crippen LogP contribution in [-0.4, -0.2) is 37.6 Å². The minimum atomic E-state index is -1.33. The summed E-state index contributed by atoms with van der Waals surface area (Å²) in [5.41, 5.74) is -0.438. The van der Waals surface area contributed by atoms with Gasteiger partial charge in [0.05, 0.1) is 48.2 Å². The molecule has 1 atom stereocenters. The highest BCUT2D eigenvalue weighted by Crippen LogP contribution is 2.46. The van der Waals surface area contributed by atoms with Crippen LogP contribution in [0, 0.1) is 11.6 Å². The topological polar surface area (TPSA) is 85.3 Å². The number of methoxy groups -OCH3 is 2. The summed E-state index contributed by atoms with van der Waals surface area (Å²) in [7, 11) is 2.80. The summed E-state index contributed by atoms with van der Waals surface area (Å²) < 4.78 is 44.7. The Morgan fingerprint density at radius 1 is 0.974 bits per heavy atom. The maximum Gasteiger partial charge on any atom is 0.300 e. The average Bonchev–Trinajstić information content (AvgIpc) is 3.13. The second-order valence-electron chi connectivity index (χ2n) is 8.08. The van der Waals surface area contributed by atoms with E-state index in [1.54, 1.807) is 13.0 Å². The Hall–Kier alpha value is -3.82. The molecule has 1 unspecified atom stereocenters. The molecule has 1 N–H and O–H groups in total. The summed E-state index contributed by atoms with van der Waals surface area (Å²) in [4.78, 5) is 27.5. The van der Waals surface area contributed by atoms with Crippen molar-refractivity contribution >= 4 is 46.3 Å². The number of ether oxygens (including phenoxy) is 3. The second kappa shape index (κ2) is 10.9. The Morgan fingerprint density at radius 3 is 2.24 bits per heavy atom. The molecular formula is C27H21Cl2F2NO6. The average molecular weight is 564 g/mol. The van der Waals surface area contributed by atoms with Crippen LogP contribution in [0.15, 0.2) is 54.1 Å². The van der Waals surface area contributed by atoms with Gasteiger partial charge in [-0.25, -0.2) is 8.78 Å². The molecule has 0 aromatic heterocycles. The number of anilines is 1. The predicted octanol–water partition coefficient (Wildman–Crippen LogP) is 6.31. The zero-order chi connectivity index (χ0) is 27.7. The molecule has 1 amide bonds. The van der Waals surface area contributed by atoms with E-state index in [4.69, 9.17) is 37.4 Å². The lowest BCUT2D eigenvalue weighted by Gasteiger charge is -2.26. The first-order valence-corrected chi connectivity index (χ1v) is 12.0. The Kier molecular flexibility index (Phi) is 7.80. The van der Waals surface area contributed by atoms with Crippen molar-refractivity contribution in [2.45, 2.75) is 13.0 Å². The molecule has 0 aliphatic carbocycles. The Morgan fingerprint density at radius 2 is 1.66 bits per heavy atom. The zero-order valence-corrected chi connectivity index (χ0v) is 21.9. The minimum absolute atomic E-state index is 0.0157. The van der Waals surface area contributed by atoms with Gasteiger partial charge in [-0.05, 0) is 48.9 Å². The van der Waals surface area contributed by atoms with Gasteiger partial charge < -0.3 is 19.3 Å². The first-order valence-electron chi connectivity index (χ1n) is 11.2. The van der Waals surface area contributed by atoms with E-state index in [0.717, 1.165) is 17.0 Å². The molecule has 0 spiro atoms. The Balaban J connectivity index is 2.01. The minimum Gasteiger partial charge on any atom is -0.507 e. The predicted molar refractivity (Wildman–Crippen MR) is 138 cm³/mol. The number of aliphatic hydroxyl groups excluding tert-OH is 1. The molecule has 1 saturated heterocycles. The van der Waals surface area contributed by atoms with Crippen LogP contribution >= 0.6 is 23.2 Å². The molecule has 7 nitrogen and oxygen atoms in total. The van der Waals surface area contributed by atoms with Gasteiger partial charge in [-0.1, -0.05) is 29.3 Å². The highest BCUT2D eigenvalue weighted by atomic mass is 35.5. The van der Waals surface area contributed by atoms with Crippen LogP contribution < -0.4 is 19.1 Å². The van der Waals surface area contributed by atoms with Crippen molar-refractivity contribution in [2.24, 2.45) is 0 Å². The van der Waals surface area contributed by atoms with E-state index in [9.17, 15) is 23.5 Å². The fourth-order valence-electron chi connectivity index (χ4n) is 4.25. The number of hydrogen-bond donors (Lipinski definition) is 1. The molecule has 11 heteroatoms. The second-order valence-corrected chi connectivity index (χ2v) is 8.90. The Labute approximate surface area is 226 Å². The van der Waals surface area contributed by atoms with Gasteiger partial charge in [-0.15, -0.1) is 0 Å². The van der Waals surface area contributed by atoms with E-state index in [1.165, 1.54) is 38.5 Å². The third kappa shape index (κ3) is 4.75. The number of aliphatic hydroxyl groups is 1. The molecule has 0 bridgehead atoms. The standard InChI is InChI=1S/C27H21Cl2F2NO6/c1-4-38-21-11-13(5-8-20(21)36-2)23-22(24(33)14-9-16(28)26(37-3)17(29)10-14)25(34)27(35)32(23)19-7-6-15(30)12-18(19)31/h5-12,23,33H,4H2,1-3H3/b24-22+.